The van der Waals surface area contributed by atoms with E-state index >= 15 is 0 Å². The fourth-order valence-electron chi connectivity index (χ4n) is 4.05. The van der Waals surface area contributed by atoms with Crippen molar-refractivity contribution >= 4 is 38.7 Å². The molecule has 1 amide bonds. The molecule has 1 aliphatic heterocycles. The second kappa shape index (κ2) is 4.59. The van der Waals surface area contributed by atoms with E-state index in [-0.39, 0.29) is 17.3 Å². The van der Waals surface area contributed by atoms with Crippen LogP contribution in [0.5, 0.6) is 0 Å². The molecule has 2 aliphatic rings. The van der Waals surface area contributed by atoms with E-state index in [0.717, 1.165) is 10.8 Å². The number of amides is 1. The second-order valence-electron chi connectivity index (χ2n) is 7.37. The zero-order valence-corrected chi connectivity index (χ0v) is 14.1. The van der Waals surface area contributed by atoms with E-state index in [0.29, 0.717) is 48.0 Å². The van der Waals surface area contributed by atoms with Gasteiger partial charge in [-0.2, -0.15) is 15.2 Å². The number of rotatable bonds is 2. The highest BCUT2D eigenvalue weighted by Gasteiger charge is 2.57. The van der Waals surface area contributed by atoms with Crippen LogP contribution < -0.4 is 5.43 Å². The lowest BCUT2D eigenvalue weighted by Crippen LogP contribution is -2.54. The average molecular weight is 359 g/mol. The Hall–Kier alpha value is -3.54. The van der Waals surface area contributed by atoms with Crippen molar-refractivity contribution in [3.63, 3.8) is 0 Å². The number of nitrogens with zero attached hydrogens (tertiary/aromatic N) is 6. The first-order valence-corrected chi connectivity index (χ1v) is 8.80. The largest absolute Gasteiger partial charge is 0.338 e. The molecule has 27 heavy (non-hydrogen) atoms. The Morgan fingerprint density at radius 1 is 1.30 bits per heavy atom. The molecule has 9 heteroatoms. The van der Waals surface area contributed by atoms with E-state index in [1.807, 2.05) is 6.07 Å². The number of likely N-dealkylation sites (tertiary alicyclic amines) is 1. The van der Waals surface area contributed by atoms with Gasteiger partial charge in [0.25, 0.3) is 5.91 Å². The number of H-pyrrole nitrogens is 1. The van der Waals surface area contributed by atoms with Crippen molar-refractivity contribution in [2.24, 2.45) is 5.92 Å². The van der Waals surface area contributed by atoms with Crippen molar-refractivity contribution in [1.82, 2.24) is 29.9 Å². The maximum absolute atomic E-state index is 13.0. The number of aromatic nitrogens is 5. The van der Waals surface area contributed by atoms with Gasteiger partial charge in [0.15, 0.2) is 16.7 Å². The molecule has 4 aromatic rings. The number of hydrogen-bond donors (Lipinski definition) is 1. The minimum absolute atomic E-state index is 0.0361. The molecule has 0 bridgehead atoms. The molecule has 1 N–H and O–H groups in total. The Morgan fingerprint density at radius 3 is 2.85 bits per heavy atom. The van der Waals surface area contributed by atoms with E-state index in [1.54, 1.807) is 15.9 Å². The first-order chi connectivity index (χ1) is 13.1. The monoisotopic (exact) mass is 359 g/mol. The Labute approximate surface area is 151 Å². The van der Waals surface area contributed by atoms with Crippen LogP contribution in [-0.2, 0) is 10.3 Å². The maximum atomic E-state index is 13.0. The summed E-state index contributed by atoms with van der Waals surface area (Å²) in [4.78, 5) is 37.5. The molecule has 0 atom stereocenters. The molecule has 1 saturated carbocycles. The minimum Gasteiger partial charge on any atom is -0.338 e. The van der Waals surface area contributed by atoms with Gasteiger partial charge in [0.1, 0.15) is 0 Å². The average Bonchev–Trinajstić information content (AvgIpc) is 3.13. The molecule has 1 aromatic carbocycles. The maximum Gasteiger partial charge on any atom is 0.252 e. The van der Waals surface area contributed by atoms with Gasteiger partial charge in [0.05, 0.1) is 22.9 Å². The van der Waals surface area contributed by atoms with Crippen molar-refractivity contribution < 1.29 is 4.79 Å². The number of aromatic amines is 1. The van der Waals surface area contributed by atoms with E-state index in [2.05, 4.69) is 26.2 Å². The van der Waals surface area contributed by atoms with E-state index < -0.39 is 5.54 Å². The summed E-state index contributed by atoms with van der Waals surface area (Å²) in [5.74, 6) is -0.126. The highest BCUT2D eigenvalue weighted by atomic mass is 16.2. The summed E-state index contributed by atoms with van der Waals surface area (Å²) in [6, 6.07) is 4.01. The van der Waals surface area contributed by atoms with Crippen LogP contribution in [0.3, 0.4) is 0 Å². The molecule has 3 aromatic heterocycles. The minimum atomic E-state index is -0.771. The van der Waals surface area contributed by atoms with Gasteiger partial charge in [-0.25, -0.2) is 9.97 Å². The smallest absolute Gasteiger partial charge is 0.252 e. The quantitative estimate of drug-likeness (QED) is 0.563. The van der Waals surface area contributed by atoms with Crippen LogP contribution in [0.4, 0.5) is 0 Å². The first-order valence-electron chi connectivity index (χ1n) is 8.80. The summed E-state index contributed by atoms with van der Waals surface area (Å²) in [6.07, 6.45) is 4.51. The summed E-state index contributed by atoms with van der Waals surface area (Å²) in [5, 5.41) is 18.6. The van der Waals surface area contributed by atoms with Crippen molar-refractivity contribution in [2.75, 3.05) is 13.1 Å². The molecule has 0 spiro atoms. The van der Waals surface area contributed by atoms with Crippen LogP contribution in [0.2, 0.25) is 0 Å². The number of hydrogen-bond acceptors (Lipinski definition) is 6. The fraction of sp³-hybridized carbons (Fsp3) is 0.333. The second-order valence-corrected chi connectivity index (χ2v) is 7.37. The van der Waals surface area contributed by atoms with Gasteiger partial charge in [-0.1, -0.05) is 0 Å². The third-order valence-electron chi connectivity index (χ3n) is 5.78. The lowest BCUT2D eigenvalue weighted by molar-refractivity contribution is -0.142. The number of carbonyl (C=O) groups is 1. The van der Waals surface area contributed by atoms with Crippen LogP contribution in [-0.4, -0.2) is 48.9 Å². The Balaban J connectivity index is 1.53. The normalized spacial score (nSPS) is 18.9. The first kappa shape index (κ1) is 14.6. The molecular formula is C18H13N7O2. The lowest BCUT2D eigenvalue weighted by atomic mass is 10.0. The molecule has 2 fully saturated rings. The van der Waals surface area contributed by atoms with Gasteiger partial charge in [-0.05, 0) is 18.9 Å². The van der Waals surface area contributed by atoms with Gasteiger partial charge < -0.3 is 4.90 Å². The molecule has 6 rings (SSSR count). The molecular weight excluding hydrogens is 346 g/mol. The summed E-state index contributed by atoms with van der Waals surface area (Å²) in [6.45, 7) is 0.923. The third kappa shape index (κ3) is 1.70. The van der Waals surface area contributed by atoms with Crippen LogP contribution in [0.25, 0.3) is 32.8 Å². The van der Waals surface area contributed by atoms with Gasteiger partial charge in [-0.15, -0.1) is 0 Å². The number of fused-ring (bicyclic) bond motifs is 2. The van der Waals surface area contributed by atoms with Crippen molar-refractivity contribution in [1.29, 1.82) is 5.26 Å². The lowest BCUT2D eigenvalue weighted by Gasteiger charge is -2.37. The third-order valence-corrected chi connectivity index (χ3v) is 5.78. The van der Waals surface area contributed by atoms with Crippen molar-refractivity contribution in [3.8, 4) is 6.07 Å². The predicted octanol–water partition coefficient (Wildman–Crippen LogP) is 0.730. The van der Waals surface area contributed by atoms with Crippen molar-refractivity contribution in [2.45, 2.75) is 18.4 Å². The Kier molecular flexibility index (Phi) is 2.49. The summed E-state index contributed by atoms with van der Waals surface area (Å²) < 4.78 is 0. The van der Waals surface area contributed by atoms with Crippen LogP contribution >= 0.6 is 0 Å². The van der Waals surface area contributed by atoms with Crippen LogP contribution in [0, 0.1) is 17.2 Å². The number of nitrogens with one attached hydrogen (secondary N) is 1. The fourth-order valence-corrected chi connectivity index (χ4v) is 4.05. The van der Waals surface area contributed by atoms with Crippen LogP contribution in [0.1, 0.15) is 12.8 Å². The molecule has 1 saturated heterocycles. The van der Waals surface area contributed by atoms with Crippen molar-refractivity contribution in [3.05, 3.63) is 28.7 Å². The molecule has 4 heterocycles. The van der Waals surface area contributed by atoms with Gasteiger partial charge in [-0.3, -0.25) is 14.7 Å². The highest BCUT2D eigenvalue weighted by molar-refractivity contribution is 6.17. The highest BCUT2D eigenvalue weighted by Crippen LogP contribution is 2.45. The van der Waals surface area contributed by atoms with E-state index in [1.165, 1.54) is 6.20 Å². The van der Waals surface area contributed by atoms with Gasteiger partial charge in [0.2, 0.25) is 5.43 Å². The zero-order valence-electron chi connectivity index (χ0n) is 14.1. The Morgan fingerprint density at radius 2 is 2.11 bits per heavy atom. The predicted molar refractivity (Wildman–Crippen MR) is 95.0 cm³/mol. The molecule has 9 nitrogen and oxygen atoms in total. The number of benzene rings is 1. The number of nitriles is 1. The van der Waals surface area contributed by atoms with Gasteiger partial charge >= 0.3 is 0 Å². The van der Waals surface area contributed by atoms with E-state index in [4.69, 9.17) is 5.26 Å². The van der Waals surface area contributed by atoms with E-state index in [9.17, 15) is 9.59 Å². The van der Waals surface area contributed by atoms with Gasteiger partial charge in [0, 0.05) is 36.3 Å². The standard InChI is InChI=1S/C18H13N7O2/c19-5-9-7-24(8-9)17(27)18(2-3-18)25-22-13-10-1-4-20-16-12(10)11(6-21-16)15(26)14(13)23-25/h1,4,6,9,22H,2-3,7-8H2. The molecule has 132 valence electrons. The zero-order chi connectivity index (χ0) is 18.3. The molecule has 0 unspecified atom stereocenters. The molecule has 0 radical (unpaired) electrons. The molecule has 1 aliphatic carbocycles. The number of pyridine rings is 1. The summed E-state index contributed by atoms with van der Waals surface area (Å²) in [5.41, 5.74) is 0.459. The number of carbonyl (C=O) groups excluding carboxylic acids is 1. The Bertz CT molecular complexity index is 1350. The van der Waals surface area contributed by atoms with Crippen LogP contribution in [0.15, 0.2) is 23.3 Å². The topological polar surface area (TPSA) is 121 Å². The SMILES string of the molecule is N#CC1CN(C(=O)C2(n3nc4c(=O)c5cnc6nccc(c4[nH]3)c65)CC2)C1. The summed E-state index contributed by atoms with van der Waals surface area (Å²) in [7, 11) is 0. The summed E-state index contributed by atoms with van der Waals surface area (Å²) >= 11 is 0.